The molecule has 4 aromatic carbocycles. The molecule has 0 saturated carbocycles. The topological polar surface area (TPSA) is 4.93 Å². The van der Waals surface area contributed by atoms with E-state index in [4.69, 9.17) is 0 Å². The predicted molar refractivity (Wildman–Crippen MR) is 127 cm³/mol. The summed E-state index contributed by atoms with van der Waals surface area (Å²) in [7, 11) is 0. The summed E-state index contributed by atoms with van der Waals surface area (Å²) < 4.78 is 2.20. The van der Waals surface area contributed by atoms with Crippen LogP contribution in [0.2, 0.25) is 0 Å². The van der Waals surface area contributed by atoms with Crippen LogP contribution in [-0.4, -0.2) is 4.57 Å². The number of rotatable bonds is 3. The Morgan fingerprint density at radius 3 is 1.97 bits per heavy atom. The van der Waals surface area contributed by atoms with Crippen molar-refractivity contribution in [2.24, 2.45) is 0 Å². The minimum atomic E-state index is 0. The van der Waals surface area contributed by atoms with Crippen LogP contribution in [0.15, 0.2) is 121 Å². The molecule has 1 aliphatic carbocycles. The van der Waals surface area contributed by atoms with E-state index in [1.54, 1.807) is 0 Å². The number of benzene rings is 3. The molecule has 0 saturated heterocycles. The molecule has 0 N–H and O–H groups in total. The van der Waals surface area contributed by atoms with E-state index in [9.17, 15) is 0 Å². The monoisotopic (exact) mass is 545 g/mol. The molecule has 0 unspecified atom stereocenters. The van der Waals surface area contributed by atoms with E-state index >= 15 is 0 Å². The summed E-state index contributed by atoms with van der Waals surface area (Å²) in [4.78, 5) is 0. The predicted octanol–water partition coefficient (Wildman–Crippen LogP) is 1.43. The van der Waals surface area contributed by atoms with Crippen molar-refractivity contribution in [3.63, 3.8) is 0 Å². The number of hydrogen-bond donors (Lipinski definition) is 0. The number of hydrogen-bond acceptors (Lipinski definition) is 0. The molecule has 6 rings (SSSR count). The van der Waals surface area contributed by atoms with Crippen molar-refractivity contribution in [1.82, 2.24) is 4.57 Å². The average Bonchev–Trinajstić information content (AvgIpc) is 3.53. The Morgan fingerprint density at radius 2 is 1.36 bits per heavy atom. The first-order chi connectivity index (χ1) is 14.8. The fraction of sp³-hybridized carbons (Fsp3) is 0.0690. The summed E-state index contributed by atoms with van der Waals surface area (Å²) in [5, 5.41) is 5.15. The maximum absolute atomic E-state index is 3.31. The second kappa shape index (κ2) is 12.8. The zero-order chi connectivity index (χ0) is 20.2. The van der Waals surface area contributed by atoms with Gasteiger partial charge < -0.3 is 29.4 Å². The van der Waals surface area contributed by atoms with Crippen molar-refractivity contribution in [1.29, 1.82) is 0 Å². The average molecular weight is 548 g/mol. The molecule has 1 aliphatic rings. The molecule has 0 aliphatic heterocycles. The largest absolute Gasteiger partial charge is 4.00 e. The Hall–Kier alpha value is -2.25. The fourth-order valence-corrected chi connectivity index (χ4v) is 3.90. The summed E-state index contributed by atoms with van der Waals surface area (Å²) in [5.41, 5.74) is 3.92. The first-order valence-electron chi connectivity index (χ1n) is 10.4. The molecule has 162 valence electrons. The Kier molecular flexibility index (Phi) is 10.5. The maximum Gasteiger partial charge on any atom is 4.00 e. The molecular formula is C29H23Cl2NZr. The summed E-state index contributed by atoms with van der Waals surface area (Å²) in [5.74, 6) is 0. The third kappa shape index (κ3) is 6.64. The SMILES string of the molecule is [C-]1=C(Cc2ccccc2)C=CC1.[Cl-].[Cl-].[Zr+4].c1ccc2cn(-c3cc4ccccc4[cH-]3)cc2c1. The number of nitrogens with zero attached hydrogens (tertiary/aromatic N) is 1. The molecule has 0 fully saturated rings. The van der Waals surface area contributed by atoms with Crippen LogP contribution in [0, 0.1) is 6.08 Å². The van der Waals surface area contributed by atoms with Crippen molar-refractivity contribution in [2.45, 2.75) is 12.8 Å². The molecule has 4 heteroatoms. The quantitative estimate of drug-likeness (QED) is 0.302. The van der Waals surface area contributed by atoms with Crippen LogP contribution < -0.4 is 24.8 Å². The number of halogens is 2. The number of aromatic nitrogens is 1. The summed E-state index contributed by atoms with van der Waals surface area (Å²) in [6, 6.07) is 31.9. The Balaban J connectivity index is 0.000000229. The summed E-state index contributed by atoms with van der Waals surface area (Å²) in [6.45, 7) is 0. The van der Waals surface area contributed by atoms with E-state index in [-0.39, 0.29) is 51.0 Å². The first kappa shape index (κ1) is 27.0. The van der Waals surface area contributed by atoms with Crippen molar-refractivity contribution in [2.75, 3.05) is 0 Å². The second-order valence-corrected chi connectivity index (χ2v) is 7.61. The summed E-state index contributed by atoms with van der Waals surface area (Å²) >= 11 is 0. The smallest absolute Gasteiger partial charge is 1.00 e. The van der Waals surface area contributed by atoms with E-state index in [2.05, 4.69) is 120 Å². The van der Waals surface area contributed by atoms with Gasteiger partial charge in [0, 0.05) is 12.4 Å². The zero-order valence-electron chi connectivity index (χ0n) is 18.1. The van der Waals surface area contributed by atoms with Gasteiger partial charge in [-0.05, 0) is 28.4 Å². The van der Waals surface area contributed by atoms with Gasteiger partial charge in [-0.2, -0.15) is 6.08 Å². The van der Waals surface area contributed by atoms with Crippen LogP contribution >= 0.6 is 0 Å². The van der Waals surface area contributed by atoms with Gasteiger partial charge in [-0.1, -0.05) is 60.7 Å². The zero-order valence-corrected chi connectivity index (χ0v) is 22.1. The van der Waals surface area contributed by atoms with Gasteiger partial charge in [0.25, 0.3) is 0 Å². The van der Waals surface area contributed by atoms with Crippen molar-refractivity contribution in [3.8, 4) is 5.69 Å². The van der Waals surface area contributed by atoms with Crippen LogP contribution in [0.4, 0.5) is 0 Å². The van der Waals surface area contributed by atoms with Gasteiger partial charge >= 0.3 is 26.2 Å². The molecule has 1 nitrogen and oxygen atoms in total. The standard InChI is InChI=1S/C17H12N.C12H11.2ClH.Zr/c1-2-6-14-10-17(9-13(14)5-1)18-11-15-7-3-4-8-16(15)12-18;1-2-6-11(7-3-1)10-12-8-4-5-9-12;;;/h1-12H;1-4,6-8H,5,10H2;2*1H;/q2*-1;;;+4/p-2. The van der Waals surface area contributed by atoms with E-state index < -0.39 is 0 Å². The van der Waals surface area contributed by atoms with Gasteiger partial charge in [0.05, 0.1) is 0 Å². The fourth-order valence-electron chi connectivity index (χ4n) is 3.90. The van der Waals surface area contributed by atoms with Gasteiger partial charge in [-0.3, -0.25) is 6.08 Å². The maximum atomic E-state index is 3.31. The molecular weight excluding hydrogens is 524 g/mol. The van der Waals surface area contributed by atoms with Crippen LogP contribution in [0.25, 0.3) is 27.2 Å². The van der Waals surface area contributed by atoms with Crippen molar-refractivity contribution < 1.29 is 51.0 Å². The minimum absolute atomic E-state index is 0. The normalized spacial score (nSPS) is 11.6. The Bertz CT molecular complexity index is 1210. The Labute approximate surface area is 227 Å². The van der Waals surface area contributed by atoms with E-state index in [0.717, 1.165) is 12.8 Å². The molecule has 0 radical (unpaired) electrons. The molecule has 1 heterocycles. The van der Waals surface area contributed by atoms with E-state index in [0.29, 0.717) is 0 Å². The van der Waals surface area contributed by atoms with Gasteiger partial charge in [0.1, 0.15) is 0 Å². The van der Waals surface area contributed by atoms with Crippen LogP contribution in [0.3, 0.4) is 0 Å². The minimum Gasteiger partial charge on any atom is -1.00 e. The van der Waals surface area contributed by atoms with Crippen LogP contribution in [0.5, 0.6) is 0 Å². The van der Waals surface area contributed by atoms with Gasteiger partial charge in [-0.25, -0.2) is 11.6 Å². The molecule has 1 aromatic heterocycles. The van der Waals surface area contributed by atoms with Crippen LogP contribution in [-0.2, 0) is 32.6 Å². The van der Waals surface area contributed by atoms with Crippen molar-refractivity contribution in [3.05, 3.63) is 133 Å². The first-order valence-corrected chi connectivity index (χ1v) is 10.4. The molecule has 0 atom stereocenters. The van der Waals surface area contributed by atoms with Gasteiger partial charge in [-0.15, -0.1) is 47.5 Å². The van der Waals surface area contributed by atoms with Crippen molar-refractivity contribution >= 4 is 21.5 Å². The third-order valence-electron chi connectivity index (χ3n) is 5.46. The van der Waals surface area contributed by atoms with E-state index in [1.807, 2.05) is 6.07 Å². The summed E-state index contributed by atoms with van der Waals surface area (Å²) in [6.07, 6.45) is 14.0. The van der Waals surface area contributed by atoms with Crippen LogP contribution in [0.1, 0.15) is 12.0 Å². The van der Waals surface area contributed by atoms with Gasteiger partial charge in [0.2, 0.25) is 0 Å². The molecule has 0 bridgehead atoms. The molecule has 33 heavy (non-hydrogen) atoms. The Morgan fingerprint density at radius 1 is 0.758 bits per heavy atom. The third-order valence-corrected chi connectivity index (χ3v) is 5.46. The molecule has 0 amide bonds. The molecule has 0 spiro atoms. The van der Waals surface area contributed by atoms with E-state index in [1.165, 1.54) is 38.4 Å². The number of allylic oxidation sites excluding steroid dienone is 4. The second-order valence-electron chi connectivity index (χ2n) is 7.61. The number of fused-ring (bicyclic) bond motifs is 2. The molecule has 5 aromatic rings. The van der Waals surface area contributed by atoms with Gasteiger partial charge in [0.15, 0.2) is 0 Å².